The topological polar surface area (TPSA) is 109 Å². The summed E-state index contributed by atoms with van der Waals surface area (Å²) in [5, 5.41) is 32.3. The van der Waals surface area contributed by atoms with Crippen LogP contribution < -0.4 is 5.32 Å². The van der Waals surface area contributed by atoms with Crippen molar-refractivity contribution >= 4 is 11.5 Å². The van der Waals surface area contributed by atoms with Gasteiger partial charge in [0.25, 0.3) is 5.69 Å². The van der Waals surface area contributed by atoms with Crippen LogP contribution in [0, 0.1) is 17.0 Å². The second kappa shape index (κ2) is 6.08. The number of rotatable bonds is 5. The summed E-state index contributed by atoms with van der Waals surface area (Å²) in [6.45, 7) is 2.30. The van der Waals surface area contributed by atoms with E-state index in [1.807, 2.05) is 0 Å². The standard InChI is InChI=1S/C14H15N3O4/c1-9-6-11(17(20)21)8-16-14(9)15-5-4-10-2-3-12(18)13(19)7-10/h2-3,6-8,18-19H,4-5H2,1H3,(H,15,16). The Morgan fingerprint density at radius 3 is 2.67 bits per heavy atom. The van der Waals surface area contributed by atoms with E-state index in [1.54, 1.807) is 13.0 Å². The highest BCUT2D eigenvalue weighted by Gasteiger charge is 2.09. The van der Waals surface area contributed by atoms with Crippen molar-refractivity contribution < 1.29 is 15.1 Å². The lowest BCUT2D eigenvalue weighted by Gasteiger charge is -2.08. The molecular formula is C14H15N3O4. The molecule has 0 unspecified atom stereocenters. The minimum Gasteiger partial charge on any atom is -0.504 e. The summed E-state index contributed by atoms with van der Waals surface area (Å²) in [5.74, 6) is 0.278. The van der Waals surface area contributed by atoms with Crippen LogP contribution in [-0.2, 0) is 6.42 Å². The van der Waals surface area contributed by atoms with E-state index in [2.05, 4.69) is 10.3 Å². The average Bonchev–Trinajstić information content (AvgIpc) is 2.44. The lowest BCUT2D eigenvalue weighted by atomic mass is 10.1. The van der Waals surface area contributed by atoms with E-state index in [9.17, 15) is 20.3 Å². The number of aryl methyl sites for hydroxylation is 1. The highest BCUT2D eigenvalue weighted by Crippen LogP contribution is 2.25. The molecule has 1 heterocycles. The number of anilines is 1. The minimum atomic E-state index is -0.483. The summed E-state index contributed by atoms with van der Waals surface area (Å²) in [7, 11) is 0. The van der Waals surface area contributed by atoms with Crippen LogP contribution in [0.15, 0.2) is 30.5 Å². The number of pyridine rings is 1. The minimum absolute atomic E-state index is 0.0403. The number of phenolic OH excluding ortho intramolecular Hbond substituents is 2. The van der Waals surface area contributed by atoms with Gasteiger partial charge in [-0.25, -0.2) is 4.98 Å². The zero-order valence-corrected chi connectivity index (χ0v) is 11.4. The molecule has 2 aromatic rings. The van der Waals surface area contributed by atoms with Crippen LogP contribution in [0.25, 0.3) is 0 Å². The van der Waals surface area contributed by atoms with Crippen molar-refractivity contribution in [1.82, 2.24) is 4.98 Å². The molecule has 0 aliphatic rings. The van der Waals surface area contributed by atoms with Crippen molar-refractivity contribution in [2.24, 2.45) is 0 Å². The van der Waals surface area contributed by atoms with Crippen molar-refractivity contribution in [1.29, 1.82) is 0 Å². The zero-order valence-electron chi connectivity index (χ0n) is 11.4. The Balaban J connectivity index is 1.97. The molecular weight excluding hydrogens is 274 g/mol. The third-order valence-electron chi connectivity index (χ3n) is 3.02. The molecule has 0 bridgehead atoms. The second-order valence-corrected chi connectivity index (χ2v) is 4.62. The van der Waals surface area contributed by atoms with Crippen LogP contribution in [0.1, 0.15) is 11.1 Å². The summed E-state index contributed by atoms with van der Waals surface area (Å²) in [5.41, 5.74) is 1.51. The van der Waals surface area contributed by atoms with Crippen LogP contribution >= 0.6 is 0 Å². The quantitative estimate of drug-likeness (QED) is 0.443. The number of aromatic hydroxyl groups is 2. The number of phenols is 2. The van der Waals surface area contributed by atoms with Gasteiger partial charge in [0.1, 0.15) is 12.0 Å². The third-order valence-corrected chi connectivity index (χ3v) is 3.02. The highest BCUT2D eigenvalue weighted by atomic mass is 16.6. The van der Waals surface area contributed by atoms with Crippen LogP contribution in [-0.4, -0.2) is 26.7 Å². The molecule has 0 saturated carbocycles. The molecule has 0 radical (unpaired) electrons. The van der Waals surface area contributed by atoms with Crippen molar-refractivity contribution in [2.45, 2.75) is 13.3 Å². The molecule has 0 amide bonds. The van der Waals surface area contributed by atoms with Gasteiger partial charge in [-0.1, -0.05) is 6.07 Å². The molecule has 110 valence electrons. The monoisotopic (exact) mass is 289 g/mol. The lowest BCUT2D eigenvalue weighted by molar-refractivity contribution is -0.385. The lowest BCUT2D eigenvalue weighted by Crippen LogP contribution is -2.08. The Bertz CT molecular complexity index is 673. The largest absolute Gasteiger partial charge is 0.504 e. The molecule has 7 nitrogen and oxygen atoms in total. The van der Waals surface area contributed by atoms with E-state index in [1.165, 1.54) is 24.4 Å². The Morgan fingerprint density at radius 2 is 2.05 bits per heavy atom. The highest BCUT2D eigenvalue weighted by molar-refractivity contribution is 5.48. The van der Waals surface area contributed by atoms with Crippen LogP contribution in [0.2, 0.25) is 0 Å². The molecule has 0 saturated heterocycles. The number of hydrogen-bond donors (Lipinski definition) is 3. The first-order valence-corrected chi connectivity index (χ1v) is 6.33. The zero-order chi connectivity index (χ0) is 15.4. The van der Waals surface area contributed by atoms with E-state index in [0.29, 0.717) is 24.3 Å². The maximum atomic E-state index is 10.6. The van der Waals surface area contributed by atoms with Gasteiger partial charge in [0.2, 0.25) is 0 Å². The van der Waals surface area contributed by atoms with E-state index in [4.69, 9.17) is 0 Å². The Morgan fingerprint density at radius 1 is 1.29 bits per heavy atom. The molecule has 1 aromatic heterocycles. The van der Waals surface area contributed by atoms with Gasteiger partial charge in [-0.3, -0.25) is 10.1 Å². The molecule has 0 atom stereocenters. The summed E-state index contributed by atoms with van der Waals surface area (Å²) >= 11 is 0. The number of hydrogen-bond acceptors (Lipinski definition) is 6. The smallest absolute Gasteiger partial charge is 0.287 e. The van der Waals surface area contributed by atoms with Gasteiger partial charge in [0, 0.05) is 12.6 Å². The van der Waals surface area contributed by atoms with Gasteiger partial charge in [-0.05, 0) is 36.6 Å². The Labute approximate surface area is 121 Å². The number of nitrogens with one attached hydrogen (secondary N) is 1. The molecule has 21 heavy (non-hydrogen) atoms. The molecule has 0 aliphatic carbocycles. The van der Waals surface area contributed by atoms with Gasteiger partial charge in [0.05, 0.1) is 4.92 Å². The van der Waals surface area contributed by atoms with E-state index >= 15 is 0 Å². The normalized spacial score (nSPS) is 10.3. The van der Waals surface area contributed by atoms with Crippen LogP contribution in [0.5, 0.6) is 11.5 Å². The molecule has 0 spiro atoms. The Hall–Kier alpha value is -2.83. The maximum Gasteiger partial charge on any atom is 0.287 e. The summed E-state index contributed by atoms with van der Waals surface area (Å²) in [4.78, 5) is 14.2. The van der Waals surface area contributed by atoms with Gasteiger partial charge in [-0.2, -0.15) is 0 Å². The predicted octanol–water partition coefficient (Wildman–Crippen LogP) is 2.36. The number of nitrogens with zero attached hydrogens (tertiary/aromatic N) is 2. The number of aromatic nitrogens is 1. The number of nitro groups is 1. The first-order valence-electron chi connectivity index (χ1n) is 6.33. The van der Waals surface area contributed by atoms with Crippen molar-refractivity contribution in [3.05, 3.63) is 51.7 Å². The molecule has 1 aromatic carbocycles. The summed E-state index contributed by atoms with van der Waals surface area (Å²) in [6.07, 6.45) is 1.83. The fourth-order valence-electron chi connectivity index (χ4n) is 1.89. The van der Waals surface area contributed by atoms with E-state index < -0.39 is 4.92 Å². The Kier molecular flexibility index (Phi) is 4.22. The molecule has 0 aliphatic heterocycles. The van der Waals surface area contributed by atoms with Crippen molar-refractivity contribution in [3.8, 4) is 11.5 Å². The van der Waals surface area contributed by atoms with Gasteiger partial charge in [0.15, 0.2) is 11.5 Å². The number of benzene rings is 1. The molecule has 3 N–H and O–H groups in total. The van der Waals surface area contributed by atoms with E-state index in [-0.39, 0.29) is 17.2 Å². The van der Waals surface area contributed by atoms with Gasteiger partial charge < -0.3 is 15.5 Å². The predicted molar refractivity (Wildman–Crippen MR) is 77.6 cm³/mol. The fourth-order valence-corrected chi connectivity index (χ4v) is 1.89. The van der Waals surface area contributed by atoms with Crippen molar-refractivity contribution in [3.63, 3.8) is 0 Å². The second-order valence-electron chi connectivity index (χ2n) is 4.62. The maximum absolute atomic E-state index is 10.6. The van der Waals surface area contributed by atoms with E-state index in [0.717, 1.165) is 5.56 Å². The summed E-state index contributed by atoms with van der Waals surface area (Å²) < 4.78 is 0. The molecule has 2 rings (SSSR count). The molecule has 0 fully saturated rings. The average molecular weight is 289 g/mol. The van der Waals surface area contributed by atoms with Crippen molar-refractivity contribution in [2.75, 3.05) is 11.9 Å². The first kappa shape index (κ1) is 14.6. The fraction of sp³-hybridized carbons (Fsp3) is 0.214. The SMILES string of the molecule is Cc1cc([N+](=O)[O-])cnc1NCCc1ccc(O)c(O)c1. The first-order chi connectivity index (χ1) is 9.97. The van der Waals surface area contributed by atoms with Gasteiger partial charge >= 0.3 is 0 Å². The molecule has 7 heteroatoms. The summed E-state index contributed by atoms with van der Waals surface area (Å²) in [6, 6.07) is 6.10. The van der Waals surface area contributed by atoms with Gasteiger partial charge in [-0.15, -0.1) is 0 Å². The van der Waals surface area contributed by atoms with Crippen LogP contribution in [0.3, 0.4) is 0 Å². The third kappa shape index (κ3) is 3.59. The van der Waals surface area contributed by atoms with Crippen LogP contribution in [0.4, 0.5) is 11.5 Å².